The maximum Gasteiger partial charge on any atom is 0.338 e. The Balaban J connectivity index is 3.77. The van der Waals surface area contributed by atoms with Crippen molar-refractivity contribution in [2.24, 2.45) is 0 Å². The Kier molecular flexibility index (Phi) is 32.8. The zero-order valence-corrected chi connectivity index (χ0v) is 28.9. The first kappa shape index (κ1) is 39.1. The zero-order chi connectivity index (χ0) is 28.5. The molecule has 0 heterocycles. The van der Waals surface area contributed by atoms with Gasteiger partial charge < -0.3 is 8.85 Å². The highest BCUT2D eigenvalue weighted by molar-refractivity contribution is 6.67. The van der Waals surface area contributed by atoms with Crippen molar-refractivity contribution < 1.29 is 8.85 Å². The van der Waals surface area contributed by atoms with E-state index < -0.39 is 8.56 Å². The minimum atomic E-state index is -2.00. The van der Waals surface area contributed by atoms with Crippen LogP contribution in [0.3, 0.4) is 0 Å². The van der Waals surface area contributed by atoms with E-state index in [9.17, 15) is 0 Å². The van der Waals surface area contributed by atoms with Gasteiger partial charge in [0.2, 0.25) is 0 Å². The Bertz CT molecular complexity index is 436. The average Bonchev–Trinajstić information content (AvgIpc) is 2.93. The lowest BCUT2D eigenvalue weighted by molar-refractivity contribution is 0.180. The van der Waals surface area contributed by atoms with Crippen LogP contribution in [0.5, 0.6) is 0 Å². The van der Waals surface area contributed by atoms with Gasteiger partial charge in [0.1, 0.15) is 0 Å². The summed E-state index contributed by atoms with van der Waals surface area (Å²) in [5.74, 6) is 0. The molecule has 0 amide bonds. The molecule has 0 aromatic carbocycles. The summed E-state index contributed by atoms with van der Waals surface area (Å²) in [5.41, 5.74) is 0. The van der Waals surface area contributed by atoms with Crippen LogP contribution in [0.15, 0.2) is 0 Å². The lowest BCUT2D eigenvalue weighted by atomic mass is 10.0. The second-order valence-electron chi connectivity index (χ2n) is 12.5. The van der Waals surface area contributed by atoms with Crippen LogP contribution in [0.2, 0.25) is 12.1 Å². The molecule has 0 aliphatic carbocycles. The molecule has 0 N–H and O–H groups in total. The lowest BCUT2D eigenvalue weighted by Crippen LogP contribution is -2.42. The summed E-state index contributed by atoms with van der Waals surface area (Å²) in [6, 6.07) is 2.43. The highest BCUT2D eigenvalue weighted by atomic mass is 28.4. The number of unbranched alkanes of at least 4 members (excludes halogenated alkanes) is 26. The smallest absolute Gasteiger partial charge is 0.338 e. The highest BCUT2D eigenvalue weighted by Gasteiger charge is 2.35. The monoisotopic (exact) mass is 569 g/mol. The van der Waals surface area contributed by atoms with E-state index in [1.165, 1.54) is 192 Å². The minimum Gasteiger partial charge on any atom is -0.394 e. The molecule has 39 heavy (non-hydrogen) atoms. The van der Waals surface area contributed by atoms with Crippen LogP contribution in [0.25, 0.3) is 0 Å². The largest absolute Gasteiger partial charge is 0.394 e. The van der Waals surface area contributed by atoms with Gasteiger partial charge in [-0.05, 0) is 25.9 Å². The zero-order valence-electron chi connectivity index (χ0n) is 27.9. The second-order valence-corrected chi connectivity index (χ2v) is 15.9. The summed E-state index contributed by atoms with van der Waals surface area (Å²) in [4.78, 5) is 0. The molecule has 0 radical (unpaired) electrons. The van der Waals surface area contributed by atoms with Crippen LogP contribution in [0.4, 0.5) is 0 Å². The van der Waals surface area contributed by atoms with Crippen molar-refractivity contribution in [2.45, 2.75) is 220 Å². The van der Waals surface area contributed by atoms with E-state index in [4.69, 9.17) is 8.85 Å². The summed E-state index contributed by atoms with van der Waals surface area (Å²) in [6.07, 6.45) is 39.9. The third-order valence-corrected chi connectivity index (χ3v) is 12.5. The summed E-state index contributed by atoms with van der Waals surface area (Å²) >= 11 is 0. The fourth-order valence-corrected chi connectivity index (χ4v) is 9.70. The highest BCUT2D eigenvalue weighted by Crippen LogP contribution is 2.26. The van der Waals surface area contributed by atoms with E-state index >= 15 is 0 Å². The first-order valence-corrected chi connectivity index (χ1v) is 20.8. The van der Waals surface area contributed by atoms with Gasteiger partial charge in [0.25, 0.3) is 0 Å². The first-order valence-electron chi connectivity index (χ1n) is 18.5. The number of hydrogen-bond donors (Lipinski definition) is 0. The van der Waals surface area contributed by atoms with Crippen molar-refractivity contribution in [3.05, 3.63) is 0 Å². The molecule has 0 saturated heterocycles. The van der Waals surface area contributed by atoms with Gasteiger partial charge in [-0.15, -0.1) is 0 Å². The fourth-order valence-electron chi connectivity index (χ4n) is 6.16. The Hall–Kier alpha value is 0.137. The SMILES string of the molecule is CCCCCCCCCCCCCCCCC[Si](CCCCCCCCCCCCCCC)(OCC)OCC. The molecule has 0 unspecified atom stereocenters. The molecule has 3 heteroatoms. The van der Waals surface area contributed by atoms with Crippen molar-refractivity contribution in [3.63, 3.8) is 0 Å². The molecule has 0 rings (SSSR count). The predicted molar refractivity (Wildman–Crippen MR) is 179 cm³/mol. The van der Waals surface area contributed by atoms with Crippen molar-refractivity contribution in [3.8, 4) is 0 Å². The number of rotatable bonds is 34. The molecule has 0 bridgehead atoms. The van der Waals surface area contributed by atoms with E-state index in [0.29, 0.717) is 0 Å². The van der Waals surface area contributed by atoms with Crippen LogP contribution < -0.4 is 0 Å². The molecule has 2 nitrogen and oxygen atoms in total. The van der Waals surface area contributed by atoms with Crippen molar-refractivity contribution in [1.29, 1.82) is 0 Å². The maximum absolute atomic E-state index is 6.41. The molecule has 0 fully saturated rings. The van der Waals surface area contributed by atoms with Gasteiger partial charge >= 0.3 is 8.56 Å². The summed E-state index contributed by atoms with van der Waals surface area (Å²) in [5, 5.41) is 0. The molecule has 0 aliphatic rings. The maximum atomic E-state index is 6.41. The van der Waals surface area contributed by atoms with Gasteiger partial charge in [0, 0.05) is 13.2 Å². The summed E-state index contributed by atoms with van der Waals surface area (Å²) in [6.45, 7) is 10.6. The third kappa shape index (κ3) is 28.0. The van der Waals surface area contributed by atoms with Gasteiger partial charge in [-0.3, -0.25) is 0 Å². The Morgan fingerprint density at radius 1 is 0.282 bits per heavy atom. The molecule has 0 aliphatic heterocycles. The van der Waals surface area contributed by atoms with Gasteiger partial charge in [0.05, 0.1) is 0 Å². The van der Waals surface area contributed by atoms with Gasteiger partial charge in [-0.1, -0.05) is 194 Å². The molecule has 0 aromatic heterocycles. The van der Waals surface area contributed by atoms with Gasteiger partial charge in [-0.25, -0.2) is 0 Å². The second kappa shape index (κ2) is 32.6. The van der Waals surface area contributed by atoms with Crippen LogP contribution in [0.1, 0.15) is 207 Å². The topological polar surface area (TPSA) is 18.5 Å². The molecule has 0 atom stereocenters. The molecule has 0 aromatic rings. The molecule has 236 valence electrons. The molecule has 0 saturated carbocycles. The van der Waals surface area contributed by atoms with Crippen LogP contribution in [-0.4, -0.2) is 21.8 Å². The summed E-state index contributed by atoms with van der Waals surface area (Å²) < 4.78 is 12.8. The van der Waals surface area contributed by atoms with E-state index in [2.05, 4.69) is 27.7 Å². The molecular formula is C36H76O2Si. The summed E-state index contributed by atoms with van der Waals surface area (Å²) in [7, 11) is -2.00. The van der Waals surface area contributed by atoms with Crippen molar-refractivity contribution >= 4 is 8.56 Å². The fraction of sp³-hybridized carbons (Fsp3) is 1.00. The lowest BCUT2D eigenvalue weighted by Gasteiger charge is -2.30. The third-order valence-electron chi connectivity index (χ3n) is 8.64. The van der Waals surface area contributed by atoms with Gasteiger partial charge in [0.15, 0.2) is 0 Å². The predicted octanol–water partition coefficient (Wildman–Crippen LogP) is 13.5. The van der Waals surface area contributed by atoms with E-state index in [0.717, 1.165) is 13.2 Å². The Morgan fingerprint density at radius 2 is 0.487 bits per heavy atom. The van der Waals surface area contributed by atoms with Crippen molar-refractivity contribution in [1.82, 2.24) is 0 Å². The van der Waals surface area contributed by atoms with Gasteiger partial charge in [-0.2, -0.15) is 0 Å². The Morgan fingerprint density at radius 3 is 0.692 bits per heavy atom. The normalized spacial score (nSPS) is 12.0. The van der Waals surface area contributed by atoms with Crippen LogP contribution in [-0.2, 0) is 8.85 Å². The standard InChI is InChI=1S/C36H76O2Si/c1-5-9-11-13-15-17-19-21-22-24-26-28-30-32-34-36-39(37-7-3,38-8-4)35-33-31-29-27-25-23-20-18-16-14-12-10-6-2/h5-36H2,1-4H3. The van der Waals surface area contributed by atoms with E-state index in [1.807, 2.05) is 0 Å². The van der Waals surface area contributed by atoms with E-state index in [-0.39, 0.29) is 0 Å². The quantitative estimate of drug-likeness (QED) is 0.0567. The first-order chi connectivity index (χ1) is 19.2. The van der Waals surface area contributed by atoms with Crippen molar-refractivity contribution in [2.75, 3.05) is 13.2 Å². The number of hydrogen-bond acceptors (Lipinski definition) is 2. The van der Waals surface area contributed by atoms with E-state index in [1.54, 1.807) is 0 Å². The molecular weight excluding hydrogens is 492 g/mol. The molecule has 0 spiro atoms. The minimum absolute atomic E-state index is 0.823. The van der Waals surface area contributed by atoms with Crippen LogP contribution >= 0.6 is 0 Å². The average molecular weight is 569 g/mol. The Labute approximate surface area is 249 Å². The van der Waals surface area contributed by atoms with Crippen LogP contribution in [0, 0.1) is 0 Å².